The largest absolute Gasteiger partial charge is 0.451 e. The molecule has 0 bridgehead atoms. The van der Waals surface area contributed by atoms with Crippen LogP contribution in [-0.2, 0) is 5.41 Å². The maximum Gasteiger partial charge on any atom is 0.291 e. The molecular formula is C31H23N5O4S. The molecule has 5 aromatic rings. The number of aromatic nitrogens is 1. The second-order valence-electron chi connectivity index (χ2n) is 11.0. The summed E-state index contributed by atoms with van der Waals surface area (Å²) in [5.41, 5.74) is 9.78. The lowest BCUT2D eigenvalue weighted by molar-refractivity contribution is 0.0806. The fourth-order valence-electron chi connectivity index (χ4n) is 6.43. The van der Waals surface area contributed by atoms with Gasteiger partial charge in [0, 0.05) is 61.2 Å². The number of aryl methyl sites for hydroxylation is 1. The minimum atomic E-state index is -0.421. The highest BCUT2D eigenvalue weighted by Crippen LogP contribution is 2.68. The lowest BCUT2D eigenvalue weighted by Crippen LogP contribution is -2.33. The number of nitrogens with two attached hydrogens (primary N) is 1. The second kappa shape index (κ2) is 8.05. The number of H-pyrrole nitrogens is 1. The van der Waals surface area contributed by atoms with E-state index in [1.165, 1.54) is 0 Å². The van der Waals surface area contributed by atoms with Crippen LogP contribution in [0.5, 0.6) is 0 Å². The van der Waals surface area contributed by atoms with Crippen molar-refractivity contribution >= 4 is 62.3 Å². The van der Waals surface area contributed by atoms with E-state index < -0.39 is 5.91 Å². The Morgan fingerprint density at radius 1 is 1.15 bits per heavy atom. The summed E-state index contributed by atoms with van der Waals surface area (Å²) in [6, 6.07) is 15.8. The summed E-state index contributed by atoms with van der Waals surface area (Å²) in [6.07, 6.45) is 2.64. The van der Waals surface area contributed by atoms with E-state index in [2.05, 4.69) is 10.3 Å². The van der Waals surface area contributed by atoms with Gasteiger partial charge in [-0.05, 0) is 73.9 Å². The number of nitrogen functional groups attached to an aromatic ring is 1. The summed E-state index contributed by atoms with van der Waals surface area (Å²) in [5, 5.41) is 11.9. The molecule has 0 radical (unpaired) electrons. The molecule has 2 aliphatic carbocycles. The number of amidine groups is 1. The number of carbonyl (C=O) groups is 3. The van der Waals surface area contributed by atoms with Crippen LogP contribution in [0.25, 0.3) is 21.9 Å². The molecule has 2 aromatic carbocycles. The van der Waals surface area contributed by atoms with E-state index >= 15 is 0 Å². The number of benzene rings is 2. The Labute approximate surface area is 237 Å². The standard InChI is InChI=1S/C31H23N5O4S/c1-14-6-20-23(37)11-26-31(27(20)41-14)12-18(31)13-36(26)30(39)22-9-16-8-19(3-4-21(16)35-22)34-29(38)25-10-17-7-15(28(32)33)2-5-24(17)40-25/h2-11,18,35H,12-13H2,1H3,(H3,32,33)(H,34,38). The van der Waals surface area contributed by atoms with Crippen molar-refractivity contribution in [2.24, 2.45) is 11.7 Å². The van der Waals surface area contributed by atoms with Crippen LogP contribution in [0.3, 0.4) is 0 Å². The summed E-state index contributed by atoms with van der Waals surface area (Å²) < 4.78 is 5.69. The van der Waals surface area contributed by atoms with Gasteiger partial charge in [-0.25, -0.2) is 0 Å². The molecule has 3 aromatic heterocycles. The lowest BCUT2D eigenvalue weighted by atomic mass is 9.88. The van der Waals surface area contributed by atoms with Gasteiger partial charge < -0.3 is 25.4 Å². The minimum absolute atomic E-state index is 0.0314. The Morgan fingerprint density at radius 3 is 2.83 bits per heavy atom. The number of allylic oxidation sites excluding steroid dienone is 2. The number of piperidine rings is 1. The molecule has 4 heterocycles. The van der Waals surface area contributed by atoms with Gasteiger partial charge in [-0.15, -0.1) is 11.3 Å². The fourth-order valence-corrected chi connectivity index (χ4v) is 7.74. The van der Waals surface area contributed by atoms with E-state index in [1.807, 2.05) is 19.1 Å². The first-order chi connectivity index (χ1) is 19.7. The number of nitrogens with one attached hydrogen (secondary N) is 3. The number of anilines is 1. The topological polar surface area (TPSA) is 145 Å². The number of rotatable bonds is 4. The summed E-state index contributed by atoms with van der Waals surface area (Å²) in [4.78, 5) is 46.7. The quantitative estimate of drug-likeness (QED) is 0.173. The molecule has 1 aliphatic heterocycles. The van der Waals surface area contributed by atoms with Gasteiger partial charge in [-0.1, -0.05) is 0 Å². The monoisotopic (exact) mass is 561 g/mol. The smallest absolute Gasteiger partial charge is 0.291 e. The SMILES string of the molecule is Cc1cc2c(s1)C13CC1CN(C(=O)c1cc4cc(NC(=O)c5cc6cc(C(=N)N)ccc6o5)ccc4[nH]1)C3=CC2=O. The minimum Gasteiger partial charge on any atom is -0.451 e. The van der Waals surface area contributed by atoms with Crippen LogP contribution >= 0.6 is 11.3 Å². The number of amides is 2. The number of likely N-dealkylation sites (tertiary alicyclic amines) is 1. The molecular weight excluding hydrogens is 538 g/mol. The Kier molecular flexibility index (Phi) is 4.69. The number of nitrogens with zero attached hydrogens (tertiary/aromatic N) is 1. The molecule has 202 valence electrons. The number of carbonyl (C=O) groups excluding carboxylic acids is 3. The predicted octanol–water partition coefficient (Wildman–Crippen LogP) is 5.31. The van der Waals surface area contributed by atoms with E-state index in [4.69, 9.17) is 15.6 Å². The van der Waals surface area contributed by atoms with E-state index in [9.17, 15) is 14.4 Å². The molecule has 3 aliphatic rings. The number of aromatic amines is 1. The van der Waals surface area contributed by atoms with E-state index in [0.717, 1.165) is 38.3 Å². The molecule has 1 saturated heterocycles. The van der Waals surface area contributed by atoms with Gasteiger partial charge in [0.05, 0.1) is 5.41 Å². The van der Waals surface area contributed by atoms with Gasteiger partial charge in [-0.2, -0.15) is 0 Å². The number of thiophene rings is 1. The number of hydrogen-bond donors (Lipinski definition) is 4. The zero-order valence-electron chi connectivity index (χ0n) is 21.8. The zero-order chi connectivity index (χ0) is 28.2. The Hall–Kier alpha value is -4.96. The third-order valence-electron chi connectivity index (χ3n) is 8.45. The van der Waals surface area contributed by atoms with E-state index in [-0.39, 0.29) is 28.7 Å². The fraction of sp³-hybridized carbons (Fsp3) is 0.161. The van der Waals surface area contributed by atoms with Crippen molar-refractivity contribution < 1.29 is 18.8 Å². The average molecular weight is 562 g/mol. The highest BCUT2D eigenvalue weighted by Gasteiger charge is 2.68. The van der Waals surface area contributed by atoms with Crippen LogP contribution in [0.4, 0.5) is 5.69 Å². The van der Waals surface area contributed by atoms with Crippen LogP contribution < -0.4 is 11.1 Å². The normalized spacial score (nSPS) is 20.5. The zero-order valence-corrected chi connectivity index (χ0v) is 22.6. The summed E-state index contributed by atoms with van der Waals surface area (Å²) in [5.74, 6) is -0.214. The van der Waals surface area contributed by atoms with Crippen LogP contribution in [0, 0.1) is 18.3 Å². The van der Waals surface area contributed by atoms with Crippen LogP contribution in [0.2, 0.25) is 0 Å². The molecule has 2 atom stereocenters. The second-order valence-corrected chi connectivity index (χ2v) is 12.3. The highest BCUT2D eigenvalue weighted by atomic mass is 32.1. The number of hydrogen-bond acceptors (Lipinski definition) is 6. The maximum absolute atomic E-state index is 13.7. The molecule has 9 nitrogen and oxygen atoms in total. The molecule has 8 rings (SSSR count). The molecule has 5 N–H and O–H groups in total. The van der Waals surface area contributed by atoms with Gasteiger partial charge in [0.2, 0.25) is 0 Å². The molecule has 2 amide bonds. The maximum atomic E-state index is 13.7. The van der Waals surface area contributed by atoms with Crippen LogP contribution in [0.15, 0.2) is 70.8 Å². The van der Waals surface area contributed by atoms with Crippen LogP contribution in [0.1, 0.15) is 53.1 Å². The van der Waals surface area contributed by atoms with Crippen molar-refractivity contribution in [3.63, 3.8) is 0 Å². The van der Waals surface area contributed by atoms with Crippen molar-refractivity contribution in [3.8, 4) is 0 Å². The van der Waals surface area contributed by atoms with Gasteiger partial charge >= 0.3 is 0 Å². The van der Waals surface area contributed by atoms with Crippen molar-refractivity contribution in [3.05, 3.63) is 98.7 Å². The first-order valence-corrected chi connectivity index (χ1v) is 14.0. The van der Waals surface area contributed by atoms with Crippen molar-refractivity contribution in [1.82, 2.24) is 9.88 Å². The number of fused-ring (bicyclic) bond motifs is 3. The number of furan rings is 1. The Balaban J connectivity index is 1.04. The Bertz CT molecular complexity index is 2060. The predicted molar refractivity (Wildman–Crippen MR) is 156 cm³/mol. The van der Waals surface area contributed by atoms with Gasteiger partial charge in [-0.3, -0.25) is 19.8 Å². The van der Waals surface area contributed by atoms with Gasteiger partial charge in [0.15, 0.2) is 11.5 Å². The van der Waals surface area contributed by atoms with E-state index in [1.54, 1.807) is 64.8 Å². The first-order valence-electron chi connectivity index (χ1n) is 13.2. The first kappa shape index (κ1) is 23.9. The van der Waals surface area contributed by atoms with Crippen molar-refractivity contribution in [1.29, 1.82) is 5.41 Å². The summed E-state index contributed by atoms with van der Waals surface area (Å²) in [7, 11) is 0. The third kappa shape index (κ3) is 3.40. The number of ketones is 1. The molecule has 41 heavy (non-hydrogen) atoms. The molecule has 1 spiro atoms. The molecule has 10 heteroatoms. The van der Waals surface area contributed by atoms with Gasteiger partial charge in [0.1, 0.15) is 17.1 Å². The molecule has 2 unspecified atom stereocenters. The van der Waals surface area contributed by atoms with Gasteiger partial charge in [0.25, 0.3) is 11.8 Å². The highest BCUT2D eigenvalue weighted by molar-refractivity contribution is 7.12. The van der Waals surface area contributed by atoms with Crippen LogP contribution in [-0.4, -0.2) is 39.9 Å². The summed E-state index contributed by atoms with van der Waals surface area (Å²) >= 11 is 1.67. The van der Waals surface area contributed by atoms with Crippen molar-refractivity contribution in [2.75, 3.05) is 11.9 Å². The summed E-state index contributed by atoms with van der Waals surface area (Å²) in [6.45, 7) is 2.61. The molecule has 1 saturated carbocycles. The Morgan fingerprint density at radius 2 is 2.00 bits per heavy atom. The average Bonchev–Trinajstić information content (AvgIpc) is 3.39. The lowest BCUT2D eigenvalue weighted by Gasteiger charge is -2.27. The van der Waals surface area contributed by atoms with E-state index in [0.29, 0.717) is 40.4 Å². The molecule has 2 fully saturated rings. The van der Waals surface area contributed by atoms with Crippen molar-refractivity contribution in [2.45, 2.75) is 18.8 Å². The third-order valence-corrected chi connectivity index (χ3v) is 9.68.